The summed E-state index contributed by atoms with van der Waals surface area (Å²) in [6, 6.07) is 9.33. The Hall–Kier alpha value is -2.89. The number of fused-ring (bicyclic) bond motifs is 1. The van der Waals surface area contributed by atoms with Gasteiger partial charge in [-0.2, -0.15) is 5.26 Å². The molecule has 1 unspecified atom stereocenters. The third kappa shape index (κ3) is 4.68. The van der Waals surface area contributed by atoms with Crippen molar-refractivity contribution in [1.29, 1.82) is 5.26 Å². The van der Waals surface area contributed by atoms with E-state index in [4.69, 9.17) is 4.74 Å². The number of benzene rings is 1. The van der Waals surface area contributed by atoms with Gasteiger partial charge in [-0.3, -0.25) is 9.59 Å². The van der Waals surface area contributed by atoms with E-state index in [0.717, 1.165) is 29.7 Å². The lowest BCUT2D eigenvalue weighted by atomic mass is 10.1. The Labute approximate surface area is 167 Å². The molecule has 7 nitrogen and oxygen atoms in total. The zero-order valence-electron chi connectivity index (χ0n) is 15.9. The van der Waals surface area contributed by atoms with Crippen LogP contribution in [0.3, 0.4) is 0 Å². The molecular weight excluding hydrogens is 376 g/mol. The molecule has 0 fully saturated rings. The zero-order valence-corrected chi connectivity index (χ0v) is 16.7. The van der Waals surface area contributed by atoms with E-state index in [1.54, 1.807) is 38.4 Å². The summed E-state index contributed by atoms with van der Waals surface area (Å²) in [6.45, 7) is 0.287. The number of amides is 2. The van der Waals surface area contributed by atoms with Crippen molar-refractivity contribution in [2.75, 3.05) is 37.9 Å². The monoisotopic (exact) mass is 399 g/mol. The minimum atomic E-state index is -0.205. The maximum Gasteiger partial charge on any atom is 0.280 e. The van der Waals surface area contributed by atoms with Gasteiger partial charge in [0, 0.05) is 16.6 Å². The van der Waals surface area contributed by atoms with Crippen molar-refractivity contribution < 1.29 is 19.2 Å². The highest BCUT2D eigenvalue weighted by Gasteiger charge is 2.24. The SMILES string of the molecule is COc1cccc(NC(=O)C[NH+](C)CC(=O)Nc2sc3c(c2C#N)CCC3)c1. The van der Waals surface area contributed by atoms with E-state index in [1.807, 2.05) is 0 Å². The number of thiophene rings is 1. The predicted molar refractivity (Wildman–Crippen MR) is 108 cm³/mol. The molecule has 0 saturated carbocycles. The van der Waals surface area contributed by atoms with Crippen LogP contribution < -0.4 is 20.3 Å². The number of nitrogens with one attached hydrogen (secondary N) is 3. The maximum atomic E-state index is 12.4. The fourth-order valence-corrected chi connectivity index (χ4v) is 4.55. The Kier molecular flexibility index (Phi) is 6.29. The van der Waals surface area contributed by atoms with Gasteiger partial charge in [0.1, 0.15) is 16.8 Å². The average molecular weight is 399 g/mol. The number of methoxy groups -OCH3 is 1. The molecule has 0 aliphatic heterocycles. The largest absolute Gasteiger partial charge is 0.497 e. The fraction of sp³-hybridized carbons (Fsp3) is 0.350. The van der Waals surface area contributed by atoms with Crippen LogP contribution in [0.1, 0.15) is 22.4 Å². The zero-order chi connectivity index (χ0) is 20.1. The highest BCUT2D eigenvalue weighted by atomic mass is 32.1. The molecule has 146 valence electrons. The van der Waals surface area contributed by atoms with Crippen molar-refractivity contribution in [3.8, 4) is 11.8 Å². The molecule has 2 aromatic rings. The van der Waals surface area contributed by atoms with Crippen LogP contribution in [0.25, 0.3) is 0 Å². The quantitative estimate of drug-likeness (QED) is 0.652. The summed E-state index contributed by atoms with van der Waals surface area (Å²) < 4.78 is 5.14. The molecule has 1 aliphatic rings. The number of hydrogen-bond acceptors (Lipinski definition) is 5. The van der Waals surface area contributed by atoms with Crippen molar-refractivity contribution >= 4 is 33.8 Å². The van der Waals surface area contributed by atoms with E-state index in [0.29, 0.717) is 22.0 Å². The van der Waals surface area contributed by atoms with E-state index in [-0.39, 0.29) is 24.9 Å². The van der Waals surface area contributed by atoms with E-state index >= 15 is 0 Å². The molecule has 1 aliphatic carbocycles. The van der Waals surface area contributed by atoms with E-state index in [2.05, 4.69) is 16.7 Å². The second-order valence-electron chi connectivity index (χ2n) is 6.81. The topological polar surface area (TPSA) is 95.7 Å². The number of quaternary nitrogens is 1. The first kappa shape index (κ1) is 19.9. The molecule has 0 radical (unpaired) electrons. The van der Waals surface area contributed by atoms with Crippen LogP contribution in [0.5, 0.6) is 5.75 Å². The second kappa shape index (κ2) is 8.87. The van der Waals surface area contributed by atoms with Crippen molar-refractivity contribution in [2.45, 2.75) is 19.3 Å². The number of aryl methyl sites for hydroxylation is 1. The number of carbonyl (C=O) groups is 2. The molecule has 3 N–H and O–H groups in total. The molecule has 1 aromatic carbocycles. The molecule has 0 saturated heterocycles. The Morgan fingerprint density at radius 2 is 2.00 bits per heavy atom. The number of anilines is 2. The van der Waals surface area contributed by atoms with Crippen LogP contribution in [0, 0.1) is 11.3 Å². The molecule has 1 heterocycles. The van der Waals surface area contributed by atoms with Crippen LogP contribution in [-0.4, -0.2) is 39.1 Å². The first-order chi connectivity index (χ1) is 13.5. The number of rotatable bonds is 7. The lowest BCUT2D eigenvalue weighted by Crippen LogP contribution is -3.11. The highest BCUT2D eigenvalue weighted by molar-refractivity contribution is 7.16. The van der Waals surface area contributed by atoms with Gasteiger partial charge in [0.2, 0.25) is 0 Å². The Bertz CT molecular complexity index is 932. The lowest BCUT2D eigenvalue weighted by molar-refractivity contribution is -0.862. The fourth-order valence-electron chi connectivity index (χ4n) is 3.30. The molecule has 0 spiro atoms. The van der Waals surface area contributed by atoms with Gasteiger partial charge in [0.15, 0.2) is 13.1 Å². The molecule has 0 bridgehead atoms. The Balaban J connectivity index is 1.52. The van der Waals surface area contributed by atoms with Gasteiger partial charge < -0.3 is 20.3 Å². The highest BCUT2D eigenvalue weighted by Crippen LogP contribution is 2.38. The molecule has 1 aromatic heterocycles. The molecule has 8 heteroatoms. The standard InChI is InChI=1S/C20H22N4O3S/c1-24(11-18(25)22-13-5-3-6-14(9-13)27-2)12-19(26)23-20-16(10-21)15-7-4-8-17(15)28-20/h3,5-6,9H,4,7-8,11-12H2,1-2H3,(H,22,25)(H,23,26)/p+1. The third-order valence-electron chi connectivity index (χ3n) is 4.56. The van der Waals surface area contributed by atoms with Crippen molar-refractivity contribution in [1.82, 2.24) is 0 Å². The van der Waals surface area contributed by atoms with Crippen LogP contribution in [-0.2, 0) is 22.4 Å². The number of nitriles is 1. The number of likely N-dealkylation sites (N-methyl/N-ethyl adjacent to an activating group) is 1. The third-order valence-corrected chi connectivity index (χ3v) is 5.77. The molecule has 2 amide bonds. The van der Waals surface area contributed by atoms with Crippen LogP contribution >= 0.6 is 11.3 Å². The maximum absolute atomic E-state index is 12.4. The molecule has 1 atom stereocenters. The summed E-state index contributed by atoms with van der Waals surface area (Å²) >= 11 is 1.49. The summed E-state index contributed by atoms with van der Waals surface area (Å²) in [6.07, 6.45) is 2.94. The summed E-state index contributed by atoms with van der Waals surface area (Å²) in [5.74, 6) is 0.267. The van der Waals surface area contributed by atoms with Crippen LogP contribution in [0.4, 0.5) is 10.7 Å². The summed E-state index contributed by atoms with van der Waals surface area (Å²) in [4.78, 5) is 26.5. The number of hydrogen-bond donors (Lipinski definition) is 3. The van der Waals surface area contributed by atoms with Crippen molar-refractivity contribution in [3.63, 3.8) is 0 Å². The van der Waals surface area contributed by atoms with Gasteiger partial charge in [-0.15, -0.1) is 11.3 Å². The van der Waals surface area contributed by atoms with Crippen LogP contribution in [0.15, 0.2) is 24.3 Å². The van der Waals surface area contributed by atoms with E-state index in [9.17, 15) is 14.9 Å². The Morgan fingerprint density at radius 3 is 2.71 bits per heavy atom. The number of carbonyl (C=O) groups excluding carboxylic acids is 2. The van der Waals surface area contributed by atoms with Gasteiger partial charge in [0.25, 0.3) is 11.8 Å². The smallest absolute Gasteiger partial charge is 0.280 e. The van der Waals surface area contributed by atoms with Gasteiger partial charge in [-0.25, -0.2) is 0 Å². The van der Waals surface area contributed by atoms with Gasteiger partial charge in [-0.05, 0) is 37.0 Å². The van der Waals surface area contributed by atoms with Crippen molar-refractivity contribution in [3.05, 3.63) is 40.3 Å². The van der Waals surface area contributed by atoms with E-state index < -0.39 is 0 Å². The number of nitrogens with zero attached hydrogens (tertiary/aromatic N) is 1. The summed E-state index contributed by atoms with van der Waals surface area (Å²) in [5, 5.41) is 15.7. The summed E-state index contributed by atoms with van der Waals surface area (Å²) in [7, 11) is 3.35. The minimum absolute atomic E-state index is 0.138. The molecule has 28 heavy (non-hydrogen) atoms. The van der Waals surface area contributed by atoms with Crippen LogP contribution in [0.2, 0.25) is 0 Å². The summed E-state index contributed by atoms with van der Waals surface area (Å²) in [5.41, 5.74) is 2.33. The van der Waals surface area contributed by atoms with Crippen molar-refractivity contribution in [2.24, 2.45) is 0 Å². The minimum Gasteiger partial charge on any atom is -0.497 e. The first-order valence-electron chi connectivity index (χ1n) is 9.10. The predicted octanol–water partition coefficient (Wildman–Crippen LogP) is 1.21. The second-order valence-corrected chi connectivity index (χ2v) is 7.92. The lowest BCUT2D eigenvalue weighted by Gasteiger charge is -2.14. The van der Waals surface area contributed by atoms with E-state index in [1.165, 1.54) is 16.2 Å². The first-order valence-corrected chi connectivity index (χ1v) is 9.91. The molecular formula is C20H23N4O3S+. The molecule has 3 rings (SSSR count). The average Bonchev–Trinajstić information content (AvgIpc) is 3.21. The van der Waals surface area contributed by atoms with Gasteiger partial charge in [-0.1, -0.05) is 6.07 Å². The number of ether oxygens (including phenoxy) is 1. The Morgan fingerprint density at radius 1 is 1.25 bits per heavy atom. The normalized spacial score (nSPS) is 13.3. The van der Waals surface area contributed by atoms with Gasteiger partial charge >= 0.3 is 0 Å². The van der Waals surface area contributed by atoms with Gasteiger partial charge in [0.05, 0.1) is 19.7 Å².